The fourth-order valence-electron chi connectivity index (χ4n) is 2.91. The van der Waals surface area contributed by atoms with Gasteiger partial charge in [-0.1, -0.05) is 49.0 Å². The predicted molar refractivity (Wildman–Crippen MR) is 98.1 cm³/mol. The zero-order chi connectivity index (χ0) is 18.7. The van der Waals surface area contributed by atoms with Crippen molar-refractivity contribution < 1.29 is 18.3 Å². The van der Waals surface area contributed by atoms with Gasteiger partial charge in [-0.05, 0) is 29.9 Å². The first kappa shape index (κ1) is 18.0. The molecule has 4 nitrogen and oxygen atoms in total. The van der Waals surface area contributed by atoms with Gasteiger partial charge in [0.05, 0.1) is 12.0 Å². The van der Waals surface area contributed by atoms with Crippen molar-refractivity contribution in [1.82, 2.24) is 10.6 Å². The number of thiocarbonyl (C=S) groups is 1. The van der Waals surface area contributed by atoms with Gasteiger partial charge >= 0.3 is 6.61 Å². The Morgan fingerprint density at radius 1 is 1.12 bits per heavy atom. The van der Waals surface area contributed by atoms with Gasteiger partial charge in [-0.2, -0.15) is 8.78 Å². The van der Waals surface area contributed by atoms with Crippen LogP contribution in [0.1, 0.15) is 22.0 Å². The van der Waals surface area contributed by atoms with Crippen molar-refractivity contribution in [2.45, 2.75) is 12.7 Å². The highest BCUT2D eigenvalue weighted by Gasteiger charge is 2.36. The van der Waals surface area contributed by atoms with Gasteiger partial charge in [-0.25, -0.2) is 0 Å². The van der Waals surface area contributed by atoms with Crippen molar-refractivity contribution in [3.8, 4) is 5.75 Å². The van der Waals surface area contributed by atoms with Crippen LogP contribution in [0.2, 0.25) is 0 Å². The number of benzene rings is 2. The third kappa shape index (κ3) is 3.88. The van der Waals surface area contributed by atoms with Crippen LogP contribution in [0.4, 0.5) is 8.78 Å². The summed E-state index contributed by atoms with van der Waals surface area (Å²) in [6.45, 7) is 1.05. The first-order valence-electron chi connectivity index (χ1n) is 7.86. The molecule has 0 spiro atoms. The second-order valence-electron chi connectivity index (χ2n) is 5.76. The minimum absolute atomic E-state index is 0.0463. The Bertz CT molecular complexity index is 825. The van der Waals surface area contributed by atoms with E-state index in [0.717, 1.165) is 0 Å². The highest BCUT2D eigenvalue weighted by Crippen LogP contribution is 2.33. The Kier molecular flexibility index (Phi) is 5.27. The number of halogens is 2. The summed E-state index contributed by atoms with van der Waals surface area (Å²) in [6, 6.07) is 14.5. The van der Waals surface area contributed by atoms with E-state index >= 15 is 0 Å². The van der Waals surface area contributed by atoms with Crippen LogP contribution >= 0.6 is 12.2 Å². The van der Waals surface area contributed by atoms with E-state index in [9.17, 15) is 13.6 Å². The van der Waals surface area contributed by atoms with Crippen LogP contribution in [0.5, 0.6) is 5.75 Å². The molecule has 0 bridgehead atoms. The maximum absolute atomic E-state index is 13.0. The first-order valence-corrected chi connectivity index (χ1v) is 8.27. The highest BCUT2D eigenvalue weighted by molar-refractivity contribution is 7.80. The van der Waals surface area contributed by atoms with Gasteiger partial charge in [0.25, 0.3) is 0 Å². The lowest BCUT2D eigenvalue weighted by Crippen LogP contribution is -2.50. The van der Waals surface area contributed by atoms with Crippen molar-refractivity contribution in [2.75, 3.05) is 0 Å². The number of hydrogen-bond donors (Lipinski definition) is 2. The van der Waals surface area contributed by atoms with Crippen molar-refractivity contribution in [3.63, 3.8) is 0 Å². The lowest BCUT2D eigenvalue weighted by Gasteiger charge is -2.35. The summed E-state index contributed by atoms with van der Waals surface area (Å²) >= 11 is 5.18. The fourth-order valence-corrected chi connectivity index (χ4v) is 3.17. The molecular formula is C19H16F2N2O2S. The smallest absolute Gasteiger partial charge is 0.387 e. The number of carbonyl (C=O) groups is 1. The second kappa shape index (κ2) is 7.61. The SMILES string of the molecule is C=C1NC(=S)N[C@H](c2ccc(OC(F)F)cc2)[C@@H]1C(=O)c1ccccc1. The summed E-state index contributed by atoms with van der Waals surface area (Å²) < 4.78 is 29.0. The minimum atomic E-state index is -2.89. The number of rotatable bonds is 5. The summed E-state index contributed by atoms with van der Waals surface area (Å²) in [4.78, 5) is 13.0. The Morgan fingerprint density at radius 2 is 1.77 bits per heavy atom. The maximum atomic E-state index is 13.0. The molecule has 2 aromatic rings. The summed E-state index contributed by atoms with van der Waals surface area (Å²) in [7, 11) is 0. The molecule has 0 radical (unpaired) electrons. The van der Waals surface area contributed by atoms with Crippen molar-refractivity contribution in [1.29, 1.82) is 0 Å². The van der Waals surface area contributed by atoms with E-state index in [1.165, 1.54) is 12.1 Å². The molecule has 1 saturated heterocycles. The maximum Gasteiger partial charge on any atom is 0.387 e. The van der Waals surface area contributed by atoms with Gasteiger partial charge in [0.15, 0.2) is 10.9 Å². The van der Waals surface area contributed by atoms with Crippen LogP contribution < -0.4 is 15.4 Å². The first-order chi connectivity index (χ1) is 12.5. The average molecular weight is 374 g/mol. The number of nitrogens with one attached hydrogen (secondary N) is 2. The summed E-state index contributed by atoms with van der Waals surface area (Å²) in [5.41, 5.74) is 1.75. The molecule has 1 aliphatic heterocycles. The fraction of sp³-hybridized carbons (Fsp3) is 0.158. The quantitative estimate of drug-likeness (QED) is 0.616. The van der Waals surface area contributed by atoms with E-state index < -0.39 is 18.6 Å². The van der Waals surface area contributed by atoms with Gasteiger partial charge in [-0.15, -0.1) is 0 Å². The van der Waals surface area contributed by atoms with Crippen LogP contribution in [0.3, 0.4) is 0 Å². The lowest BCUT2D eigenvalue weighted by molar-refractivity contribution is -0.0498. The van der Waals surface area contributed by atoms with E-state index in [1.807, 2.05) is 6.07 Å². The highest BCUT2D eigenvalue weighted by atomic mass is 32.1. The predicted octanol–water partition coefficient (Wildman–Crippen LogP) is 3.82. The van der Waals surface area contributed by atoms with Crippen LogP contribution in [-0.4, -0.2) is 17.5 Å². The zero-order valence-electron chi connectivity index (χ0n) is 13.6. The average Bonchev–Trinajstić information content (AvgIpc) is 2.61. The van der Waals surface area contributed by atoms with Crippen molar-refractivity contribution >= 4 is 23.1 Å². The third-order valence-electron chi connectivity index (χ3n) is 4.07. The molecule has 134 valence electrons. The van der Waals surface area contributed by atoms with E-state index in [-0.39, 0.29) is 11.5 Å². The minimum Gasteiger partial charge on any atom is -0.435 e. The number of Topliss-reactive ketones (excluding diaryl/α,β-unsaturated/α-hetero) is 1. The number of hydrogen-bond acceptors (Lipinski definition) is 3. The van der Waals surface area contributed by atoms with Crippen LogP contribution in [0.15, 0.2) is 66.9 Å². The third-order valence-corrected chi connectivity index (χ3v) is 4.29. The Morgan fingerprint density at radius 3 is 2.38 bits per heavy atom. The molecule has 3 rings (SSSR count). The van der Waals surface area contributed by atoms with Crippen LogP contribution in [-0.2, 0) is 0 Å². The molecule has 26 heavy (non-hydrogen) atoms. The number of ketones is 1. The molecule has 0 aromatic heterocycles. The van der Waals surface area contributed by atoms with E-state index in [1.54, 1.807) is 36.4 Å². The normalized spacial score (nSPS) is 19.7. The van der Waals surface area contributed by atoms with Crippen LogP contribution in [0.25, 0.3) is 0 Å². The molecule has 2 atom stereocenters. The van der Waals surface area contributed by atoms with Gasteiger partial charge < -0.3 is 15.4 Å². The summed E-state index contributed by atoms with van der Waals surface area (Å²) in [5.74, 6) is -0.674. The zero-order valence-corrected chi connectivity index (χ0v) is 14.4. The summed E-state index contributed by atoms with van der Waals surface area (Å²) in [6.07, 6.45) is 0. The second-order valence-corrected chi connectivity index (χ2v) is 6.17. The molecule has 0 unspecified atom stereocenters. The van der Waals surface area contributed by atoms with Gasteiger partial charge in [0.2, 0.25) is 0 Å². The number of alkyl halides is 2. The molecule has 2 aromatic carbocycles. The molecule has 1 heterocycles. The molecule has 7 heteroatoms. The molecule has 2 N–H and O–H groups in total. The number of ether oxygens (including phenoxy) is 1. The van der Waals surface area contributed by atoms with Gasteiger partial charge in [0.1, 0.15) is 5.75 Å². The molecule has 1 aliphatic rings. The molecule has 1 fully saturated rings. The number of carbonyl (C=O) groups excluding carboxylic acids is 1. The lowest BCUT2D eigenvalue weighted by atomic mass is 9.83. The Labute approximate surface area is 154 Å². The monoisotopic (exact) mass is 374 g/mol. The van der Waals surface area contributed by atoms with E-state index in [2.05, 4.69) is 21.9 Å². The topological polar surface area (TPSA) is 50.4 Å². The van der Waals surface area contributed by atoms with Gasteiger partial charge in [0, 0.05) is 11.3 Å². The van der Waals surface area contributed by atoms with Crippen LogP contribution in [0, 0.1) is 5.92 Å². The Hall–Kier alpha value is -2.80. The van der Waals surface area contributed by atoms with Gasteiger partial charge in [-0.3, -0.25) is 4.79 Å². The molecule has 0 amide bonds. The standard InChI is InChI=1S/C19H16F2N2O2S/c1-11-15(17(24)13-5-3-2-4-6-13)16(23-19(26)22-11)12-7-9-14(10-8-12)25-18(20)21/h2-10,15-16,18H,1H2,(H2,22,23,26)/t15-,16-/m1/s1. The van der Waals surface area contributed by atoms with E-state index in [0.29, 0.717) is 21.9 Å². The molecule has 0 saturated carbocycles. The van der Waals surface area contributed by atoms with Crippen molar-refractivity contribution in [2.24, 2.45) is 5.92 Å². The molecular weight excluding hydrogens is 358 g/mol. The van der Waals surface area contributed by atoms with Crippen molar-refractivity contribution in [3.05, 3.63) is 78.0 Å². The largest absolute Gasteiger partial charge is 0.435 e. The van der Waals surface area contributed by atoms with E-state index in [4.69, 9.17) is 12.2 Å². The molecule has 0 aliphatic carbocycles. The summed E-state index contributed by atoms with van der Waals surface area (Å²) in [5, 5.41) is 6.32. The Balaban J connectivity index is 1.92.